The minimum Gasteiger partial charge on any atom is -0.355 e. The van der Waals surface area contributed by atoms with E-state index in [2.05, 4.69) is 20.0 Å². The number of anilines is 2. The number of aromatic amines is 1. The Bertz CT molecular complexity index is 1450. The Labute approximate surface area is 210 Å². The van der Waals surface area contributed by atoms with Crippen LogP contribution < -0.4 is 10.0 Å². The third-order valence-electron chi connectivity index (χ3n) is 6.06. The minimum absolute atomic E-state index is 0.348. The summed E-state index contributed by atoms with van der Waals surface area (Å²) in [5.41, 5.74) is 6.72. The lowest BCUT2D eigenvalue weighted by Crippen LogP contribution is -2.43. The first kappa shape index (κ1) is 23.6. The number of H-pyrrole nitrogens is 1. The predicted octanol–water partition coefficient (Wildman–Crippen LogP) is 5.35. The summed E-state index contributed by atoms with van der Waals surface area (Å²) in [6.45, 7) is 2.93. The quantitative estimate of drug-likeness (QED) is 0.314. The van der Waals surface area contributed by atoms with Crippen LogP contribution >= 0.6 is 11.6 Å². The van der Waals surface area contributed by atoms with Crippen molar-refractivity contribution in [3.8, 4) is 22.6 Å². The number of nitrogens with one attached hydrogen (secondary N) is 3. The van der Waals surface area contributed by atoms with Crippen molar-refractivity contribution in [1.29, 1.82) is 0 Å². The van der Waals surface area contributed by atoms with Gasteiger partial charge in [0.1, 0.15) is 5.82 Å². The van der Waals surface area contributed by atoms with Gasteiger partial charge in [-0.05, 0) is 47.4 Å². The van der Waals surface area contributed by atoms with Crippen molar-refractivity contribution in [1.82, 2.24) is 19.0 Å². The molecule has 4 aromatic rings. The molecule has 35 heavy (non-hydrogen) atoms. The van der Waals surface area contributed by atoms with Gasteiger partial charge in [0.2, 0.25) is 0 Å². The number of benzene rings is 3. The highest BCUT2D eigenvalue weighted by atomic mass is 35.5. The topological polar surface area (TPSA) is 90.1 Å². The summed E-state index contributed by atoms with van der Waals surface area (Å²) in [6, 6.07) is 21.7. The number of aromatic nitrogens is 2. The number of imidazole rings is 1. The highest BCUT2D eigenvalue weighted by molar-refractivity contribution is 7.87. The lowest BCUT2D eigenvalue weighted by atomic mass is 9.99. The first-order chi connectivity index (χ1) is 16.9. The predicted molar refractivity (Wildman–Crippen MR) is 141 cm³/mol. The second kappa shape index (κ2) is 9.83. The van der Waals surface area contributed by atoms with E-state index < -0.39 is 10.2 Å². The lowest BCUT2D eigenvalue weighted by molar-refractivity contribution is 0.385. The van der Waals surface area contributed by atoms with Crippen molar-refractivity contribution in [3.05, 3.63) is 89.1 Å². The van der Waals surface area contributed by atoms with E-state index in [9.17, 15) is 8.42 Å². The number of halogens is 1. The van der Waals surface area contributed by atoms with E-state index in [-0.39, 0.29) is 0 Å². The van der Waals surface area contributed by atoms with Gasteiger partial charge < -0.3 is 10.3 Å². The van der Waals surface area contributed by atoms with E-state index in [1.807, 2.05) is 72.9 Å². The first-order valence-electron chi connectivity index (χ1n) is 11.5. The minimum atomic E-state index is -3.47. The fourth-order valence-corrected chi connectivity index (χ4v) is 5.74. The van der Waals surface area contributed by atoms with Crippen LogP contribution in [0.4, 0.5) is 11.4 Å². The van der Waals surface area contributed by atoms with Gasteiger partial charge in [-0.15, -0.1) is 0 Å². The zero-order chi connectivity index (χ0) is 24.4. The van der Waals surface area contributed by atoms with E-state index >= 15 is 0 Å². The van der Waals surface area contributed by atoms with Crippen LogP contribution in [0.1, 0.15) is 18.1 Å². The van der Waals surface area contributed by atoms with Crippen LogP contribution in [-0.4, -0.2) is 35.8 Å². The summed E-state index contributed by atoms with van der Waals surface area (Å²) in [4.78, 5) is 7.92. The molecule has 0 spiro atoms. The van der Waals surface area contributed by atoms with E-state index in [0.717, 1.165) is 39.3 Å². The molecule has 7 nitrogen and oxygen atoms in total. The largest absolute Gasteiger partial charge is 0.355 e. The van der Waals surface area contributed by atoms with Gasteiger partial charge in [-0.3, -0.25) is 0 Å². The van der Waals surface area contributed by atoms with Gasteiger partial charge >= 0.3 is 0 Å². The normalized spacial score (nSPS) is 14.0. The van der Waals surface area contributed by atoms with Crippen LogP contribution in [-0.2, 0) is 23.2 Å². The average Bonchev–Trinajstić information content (AvgIpc) is 3.36. The van der Waals surface area contributed by atoms with Crippen LogP contribution in [0, 0.1) is 0 Å². The van der Waals surface area contributed by atoms with E-state index in [1.54, 1.807) is 6.92 Å². The molecule has 0 aliphatic carbocycles. The van der Waals surface area contributed by atoms with Crippen molar-refractivity contribution in [2.24, 2.45) is 0 Å². The van der Waals surface area contributed by atoms with Crippen LogP contribution in [0.2, 0.25) is 5.02 Å². The number of fused-ring (bicyclic) bond motifs is 1. The van der Waals surface area contributed by atoms with Crippen LogP contribution in [0.5, 0.6) is 0 Å². The third kappa shape index (κ3) is 4.97. The maximum Gasteiger partial charge on any atom is 0.279 e. The fraction of sp³-hybridized carbons (Fsp3) is 0.192. The van der Waals surface area contributed by atoms with Gasteiger partial charge in [0.15, 0.2) is 0 Å². The summed E-state index contributed by atoms with van der Waals surface area (Å²) in [7, 11) is -3.47. The SMILES string of the molecule is CCNS(=O)(=O)N1CCc2c(cccc2Nc2ccc(Cl)c(-c3ncc(-c4ccccc4)[nH]3)c2)C1. The van der Waals surface area contributed by atoms with Gasteiger partial charge in [0.25, 0.3) is 10.2 Å². The molecule has 180 valence electrons. The Morgan fingerprint density at radius 3 is 2.71 bits per heavy atom. The van der Waals surface area contributed by atoms with Crippen LogP contribution in [0.25, 0.3) is 22.6 Å². The fourth-order valence-electron chi connectivity index (χ4n) is 4.34. The maximum atomic E-state index is 12.4. The monoisotopic (exact) mass is 507 g/mol. The molecule has 1 aliphatic rings. The zero-order valence-corrected chi connectivity index (χ0v) is 20.8. The van der Waals surface area contributed by atoms with Crippen LogP contribution in [0.3, 0.4) is 0 Å². The smallest absolute Gasteiger partial charge is 0.279 e. The van der Waals surface area contributed by atoms with Gasteiger partial charge in [0.05, 0.1) is 16.9 Å². The molecule has 0 fully saturated rings. The van der Waals surface area contributed by atoms with Crippen molar-refractivity contribution in [2.45, 2.75) is 19.9 Å². The standard InChI is InChI=1S/C26H26ClN5O2S/c1-2-29-35(33,34)32-14-13-21-19(17-32)9-6-10-24(21)30-20-11-12-23(27)22(15-20)26-28-16-25(31-26)18-7-4-3-5-8-18/h3-12,15-16,29-30H,2,13-14,17H2,1H3,(H,28,31). The molecule has 3 aromatic carbocycles. The summed E-state index contributed by atoms with van der Waals surface area (Å²) in [5.74, 6) is 0.692. The molecule has 0 saturated heterocycles. The Morgan fingerprint density at radius 1 is 1.09 bits per heavy atom. The second-order valence-electron chi connectivity index (χ2n) is 8.36. The molecule has 0 atom stereocenters. The zero-order valence-electron chi connectivity index (χ0n) is 19.3. The van der Waals surface area contributed by atoms with Crippen molar-refractivity contribution in [3.63, 3.8) is 0 Å². The Kier molecular flexibility index (Phi) is 6.62. The van der Waals surface area contributed by atoms with Gasteiger partial charge in [-0.1, -0.05) is 61.0 Å². The highest BCUT2D eigenvalue weighted by Crippen LogP contribution is 2.34. The van der Waals surface area contributed by atoms with E-state index in [1.165, 1.54) is 4.31 Å². The van der Waals surface area contributed by atoms with Crippen molar-refractivity contribution < 1.29 is 8.42 Å². The number of hydrogen-bond donors (Lipinski definition) is 3. The van der Waals surface area contributed by atoms with Crippen LogP contribution in [0.15, 0.2) is 72.9 Å². The number of hydrogen-bond acceptors (Lipinski definition) is 4. The third-order valence-corrected chi connectivity index (χ3v) is 8.03. The molecule has 9 heteroatoms. The molecule has 0 unspecified atom stereocenters. The molecule has 1 aromatic heterocycles. The van der Waals surface area contributed by atoms with E-state index in [4.69, 9.17) is 11.6 Å². The maximum absolute atomic E-state index is 12.4. The van der Waals surface area contributed by atoms with Gasteiger partial charge in [0, 0.05) is 36.6 Å². The average molecular weight is 508 g/mol. The summed E-state index contributed by atoms with van der Waals surface area (Å²) in [6.07, 6.45) is 2.43. The molecule has 2 heterocycles. The second-order valence-corrected chi connectivity index (χ2v) is 10.5. The molecule has 0 radical (unpaired) electrons. The molecule has 3 N–H and O–H groups in total. The summed E-state index contributed by atoms with van der Waals surface area (Å²) < 4.78 is 29.0. The van der Waals surface area contributed by atoms with E-state index in [0.29, 0.717) is 36.9 Å². The Hall–Kier alpha value is -3.17. The van der Waals surface area contributed by atoms with Gasteiger partial charge in [-0.2, -0.15) is 12.7 Å². The first-order valence-corrected chi connectivity index (χ1v) is 13.3. The summed E-state index contributed by atoms with van der Waals surface area (Å²) >= 11 is 6.53. The van der Waals surface area contributed by atoms with Crippen molar-refractivity contribution in [2.75, 3.05) is 18.4 Å². The molecular formula is C26H26ClN5O2S. The lowest BCUT2D eigenvalue weighted by Gasteiger charge is -2.29. The number of rotatable bonds is 7. The van der Waals surface area contributed by atoms with Crippen molar-refractivity contribution >= 4 is 33.2 Å². The highest BCUT2D eigenvalue weighted by Gasteiger charge is 2.27. The number of nitrogens with zero attached hydrogens (tertiary/aromatic N) is 2. The Balaban J connectivity index is 1.40. The molecule has 0 amide bonds. The molecule has 1 aliphatic heterocycles. The molecular weight excluding hydrogens is 482 g/mol. The Morgan fingerprint density at radius 2 is 1.91 bits per heavy atom. The van der Waals surface area contributed by atoms with Gasteiger partial charge in [-0.25, -0.2) is 9.71 Å². The molecule has 5 rings (SSSR count). The molecule has 0 saturated carbocycles. The summed E-state index contributed by atoms with van der Waals surface area (Å²) in [5, 5.41) is 4.10. The molecule has 0 bridgehead atoms.